The SMILES string of the molecule is CCOC(=O)C1(NC)CCC(N(C)CC2CCOCC2)C1. The van der Waals surface area contributed by atoms with Crippen LogP contribution in [0.4, 0.5) is 0 Å². The van der Waals surface area contributed by atoms with Crippen LogP contribution in [0.2, 0.25) is 0 Å². The molecule has 21 heavy (non-hydrogen) atoms. The molecule has 5 nitrogen and oxygen atoms in total. The van der Waals surface area contributed by atoms with E-state index in [2.05, 4.69) is 17.3 Å². The molecule has 5 heteroatoms. The maximum absolute atomic E-state index is 12.2. The van der Waals surface area contributed by atoms with Crippen LogP contribution in [0, 0.1) is 5.92 Å². The Kier molecular flexibility index (Phi) is 6.02. The van der Waals surface area contributed by atoms with Gasteiger partial charge in [0.05, 0.1) is 6.61 Å². The normalized spacial score (nSPS) is 30.8. The molecular formula is C16H30N2O3. The molecule has 122 valence electrons. The highest BCUT2D eigenvalue weighted by atomic mass is 16.5. The zero-order valence-electron chi connectivity index (χ0n) is 13.7. The van der Waals surface area contributed by atoms with Crippen molar-refractivity contribution in [3.63, 3.8) is 0 Å². The number of esters is 1. The standard InChI is InChI=1S/C16H30N2O3/c1-4-21-15(19)16(17-2)8-5-14(11-16)18(3)12-13-6-9-20-10-7-13/h13-14,17H,4-12H2,1-3H3. The van der Waals surface area contributed by atoms with Crippen LogP contribution in [-0.2, 0) is 14.3 Å². The molecule has 1 aliphatic heterocycles. The Labute approximate surface area is 128 Å². The van der Waals surface area contributed by atoms with E-state index in [0.29, 0.717) is 12.6 Å². The van der Waals surface area contributed by atoms with E-state index in [1.807, 2.05) is 14.0 Å². The zero-order valence-corrected chi connectivity index (χ0v) is 13.7. The molecule has 0 bridgehead atoms. The number of hydrogen-bond acceptors (Lipinski definition) is 5. The molecule has 0 radical (unpaired) electrons. The number of carbonyl (C=O) groups is 1. The lowest BCUT2D eigenvalue weighted by molar-refractivity contribution is -0.151. The van der Waals surface area contributed by atoms with Gasteiger partial charge < -0.3 is 19.7 Å². The summed E-state index contributed by atoms with van der Waals surface area (Å²) in [5, 5.41) is 3.23. The molecule has 0 aromatic carbocycles. The van der Waals surface area contributed by atoms with Crippen LogP contribution in [-0.4, -0.2) is 62.9 Å². The number of ether oxygens (including phenoxy) is 2. The Morgan fingerprint density at radius 3 is 2.71 bits per heavy atom. The highest BCUT2D eigenvalue weighted by Gasteiger charge is 2.46. The van der Waals surface area contributed by atoms with Gasteiger partial charge in [0.25, 0.3) is 0 Å². The van der Waals surface area contributed by atoms with E-state index in [9.17, 15) is 4.79 Å². The molecule has 2 unspecified atom stereocenters. The van der Waals surface area contributed by atoms with Gasteiger partial charge in [0, 0.05) is 25.8 Å². The van der Waals surface area contributed by atoms with Crippen molar-refractivity contribution in [1.29, 1.82) is 0 Å². The summed E-state index contributed by atoms with van der Waals surface area (Å²) in [4.78, 5) is 14.7. The summed E-state index contributed by atoms with van der Waals surface area (Å²) in [6.07, 6.45) is 5.09. The van der Waals surface area contributed by atoms with Crippen molar-refractivity contribution < 1.29 is 14.3 Å². The fourth-order valence-corrected chi connectivity index (χ4v) is 3.66. The summed E-state index contributed by atoms with van der Waals surface area (Å²) in [5.41, 5.74) is -0.482. The van der Waals surface area contributed by atoms with Crippen LogP contribution < -0.4 is 5.32 Å². The molecule has 1 saturated carbocycles. The van der Waals surface area contributed by atoms with Crippen LogP contribution in [0.1, 0.15) is 39.0 Å². The zero-order chi connectivity index (χ0) is 15.3. The number of hydrogen-bond donors (Lipinski definition) is 1. The second-order valence-corrected chi connectivity index (χ2v) is 6.44. The highest BCUT2D eigenvalue weighted by Crippen LogP contribution is 2.34. The summed E-state index contributed by atoms with van der Waals surface area (Å²) in [6.45, 7) is 5.21. The third-order valence-corrected chi connectivity index (χ3v) is 5.14. The van der Waals surface area contributed by atoms with Crippen molar-refractivity contribution in [3.05, 3.63) is 0 Å². The van der Waals surface area contributed by atoms with E-state index >= 15 is 0 Å². The molecule has 0 aromatic heterocycles. The molecule has 2 atom stereocenters. The molecular weight excluding hydrogens is 268 g/mol. The lowest BCUT2D eigenvalue weighted by Crippen LogP contribution is -2.50. The molecule has 2 aliphatic rings. The fraction of sp³-hybridized carbons (Fsp3) is 0.938. The molecule has 1 saturated heterocycles. The van der Waals surface area contributed by atoms with Crippen LogP contribution >= 0.6 is 0 Å². The summed E-state index contributed by atoms with van der Waals surface area (Å²) in [7, 11) is 4.06. The largest absolute Gasteiger partial charge is 0.465 e. The maximum Gasteiger partial charge on any atom is 0.326 e. The number of carbonyl (C=O) groups excluding carboxylic acids is 1. The molecule has 0 spiro atoms. The van der Waals surface area contributed by atoms with E-state index in [4.69, 9.17) is 9.47 Å². The Bertz CT molecular complexity index is 344. The van der Waals surface area contributed by atoms with Crippen LogP contribution in [0.3, 0.4) is 0 Å². The van der Waals surface area contributed by atoms with Gasteiger partial charge in [-0.3, -0.25) is 4.79 Å². The second-order valence-electron chi connectivity index (χ2n) is 6.44. The Hall–Kier alpha value is -0.650. The minimum atomic E-state index is -0.482. The van der Waals surface area contributed by atoms with Crippen molar-refractivity contribution in [2.75, 3.05) is 40.5 Å². The first-order valence-corrected chi connectivity index (χ1v) is 8.25. The van der Waals surface area contributed by atoms with Gasteiger partial charge in [-0.25, -0.2) is 0 Å². The van der Waals surface area contributed by atoms with Gasteiger partial charge in [-0.15, -0.1) is 0 Å². The minimum Gasteiger partial charge on any atom is -0.465 e. The summed E-state index contributed by atoms with van der Waals surface area (Å²) in [6, 6.07) is 0.463. The van der Waals surface area contributed by atoms with Crippen molar-refractivity contribution in [2.45, 2.75) is 50.6 Å². The predicted molar refractivity (Wildman–Crippen MR) is 82.2 cm³/mol. The van der Waals surface area contributed by atoms with E-state index < -0.39 is 5.54 Å². The van der Waals surface area contributed by atoms with Crippen LogP contribution in [0.25, 0.3) is 0 Å². The predicted octanol–water partition coefficient (Wildman–Crippen LogP) is 1.42. The number of rotatable bonds is 6. The molecule has 1 aliphatic carbocycles. The van der Waals surface area contributed by atoms with Crippen LogP contribution in [0.15, 0.2) is 0 Å². The molecule has 0 amide bonds. The van der Waals surface area contributed by atoms with Gasteiger partial charge in [0.1, 0.15) is 5.54 Å². The molecule has 1 N–H and O–H groups in total. The average Bonchev–Trinajstić information content (AvgIpc) is 2.94. The van der Waals surface area contributed by atoms with Crippen molar-refractivity contribution in [3.8, 4) is 0 Å². The lowest BCUT2D eigenvalue weighted by atomic mass is 9.96. The number of nitrogens with zero attached hydrogens (tertiary/aromatic N) is 1. The molecule has 2 fully saturated rings. The lowest BCUT2D eigenvalue weighted by Gasteiger charge is -2.32. The minimum absolute atomic E-state index is 0.0885. The topological polar surface area (TPSA) is 50.8 Å². The van der Waals surface area contributed by atoms with E-state index in [0.717, 1.165) is 57.8 Å². The number of likely N-dealkylation sites (N-methyl/N-ethyl adjacent to an activating group) is 1. The Morgan fingerprint density at radius 1 is 1.38 bits per heavy atom. The third-order valence-electron chi connectivity index (χ3n) is 5.14. The van der Waals surface area contributed by atoms with Crippen molar-refractivity contribution in [2.24, 2.45) is 5.92 Å². The quantitative estimate of drug-likeness (QED) is 0.752. The van der Waals surface area contributed by atoms with Gasteiger partial charge in [0.2, 0.25) is 0 Å². The third kappa shape index (κ3) is 3.96. The van der Waals surface area contributed by atoms with Crippen molar-refractivity contribution >= 4 is 5.97 Å². The van der Waals surface area contributed by atoms with Crippen LogP contribution in [0.5, 0.6) is 0 Å². The van der Waals surface area contributed by atoms with E-state index in [1.54, 1.807) is 0 Å². The first kappa shape index (κ1) is 16.7. The molecule has 0 aromatic rings. The highest BCUT2D eigenvalue weighted by molar-refractivity contribution is 5.81. The second kappa shape index (κ2) is 7.56. The monoisotopic (exact) mass is 298 g/mol. The maximum atomic E-state index is 12.2. The van der Waals surface area contributed by atoms with Gasteiger partial charge in [-0.05, 0) is 59.0 Å². The molecule has 1 heterocycles. The summed E-state index contributed by atoms with van der Waals surface area (Å²) in [5.74, 6) is 0.644. The van der Waals surface area contributed by atoms with Gasteiger partial charge in [0.15, 0.2) is 0 Å². The number of nitrogens with one attached hydrogen (secondary N) is 1. The summed E-state index contributed by atoms with van der Waals surface area (Å²) >= 11 is 0. The van der Waals surface area contributed by atoms with Gasteiger partial charge in [-0.1, -0.05) is 0 Å². The van der Waals surface area contributed by atoms with E-state index in [1.165, 1.54) is 0 Å². The fourth-order valence-electron chi connectivity index (χ4n) is 3.66. The average molecular weight is 298 g/mol. The first-order chi connectivity index (χ1) is 10.1. The Balaban J connectivity index is 1.88. The van der Waals surface area contributed by atoms with Gasteiger partial charge in [-0.2, -0.15) is 0 Å². The first-order valence-electron chi connectivity index (χ1n) is 8.25. The molecule has 2 rings (SSSR count). The van der Waals surface area contributed by atoms with E-state index in [-0.39, 0.29) is 5.97 Å². The van der Waals surface area contributed by atoms with Crippen molar-refractivity contribution in [1.82, 2.24) is 10.2 Å². The Morgan fingerprint density at radius 2 is 2.10 bits per heavy atom. The van der Waals surface area contributed by atoms with Gasteiger partial charge >= 0.3 is 5.97 Å². The summed E-state index contributed by atoms with van der Waals surface area (Å²) < 4.78 is 10.7. The smallest absolute Gasteiger partial charge is 0.326 e.